The fraction of sp³-hybridized carbons (Fsp3) is 0.391. The van der Waals surface area contributed by atoms with E-state index in [4.69, 9.17) is 0 Å². The second kappa shape index (κ2) is 7.18. The van der Waals surface area contributed by atoms with Crippen molar-refractivity contribution >= 4 is 11.8 Å². The SMILES string of the molecule is CN1CCC[C@]2(CCN(C(=O)C(c3ccccc3)c3ccccc3)C2)C1=O. The monoisotopic (exact) mass is 362 g/mol. The van der Waals surface area contributed by atoms with Gasteiger partial charge in [-0.05, 0) is 30.4 Å². The van der Waals surface area contributed by atoms with E-state index in [2.05, 4.69) is 0 Å². The second-order valence-corrected chi connectivity index (χ2v) is 7.87. The van der Waals surface area contributed by atoms with Crippen molar-refractivity contribution < 1.29 is 9.59 Å². The molecule has 4 heteroatoms. The summed E-state index contributed by atoms with van der Waals surface area (Å²) in [4.78, 5) is 30.1. The molecule has 2 aromatic carbocycles. The summed E-state index contributed by atoms with van der Waals surface area (Å²) in [5.74, 6) is -0.00991. The first kappa shape index (κ1) is 17.8. The number of nitrogens with zero attached hydrogens (tertiary/aromatic N) is 2. The molecule has 4 rings (SSSR count). The molecule has 140 valence electrons. The van der Waals surface area contributed by atoms with Gasteiger partial charge in [-0.2, -0.15) is 0 Å². The first-order valence-corrected chi connectivity index (χ1v) is 9.75. The van der Waals surface area contributed by atoms with E-state index < -0.39 is 0 Å². The first-order chi connectivity index (χ1) is 13.1. The third-order valence-corrected chi connectivity index (χ3v) is 6.13. The van der Waals surface area contributed by atoms with Crippen LogP contribution in [-0.4, -0.2) is 48.3 Å². The molecule has 0 radical (unpaired) electrons. The quantitative estimate of drug-likeness (QED) is 0.841. The predicted molar refractivity (Wildman–Crippen MR) is 105 cm³/mol. The molecular weight excluding hydrogens is 336 g/mol. The van der Waals surface area contributed by atoms with Gasteiger partial charge in [-0.3, -0.25) is 9.59 Å². The van der Waals surface area contributed by atoms with E-state index in [0.29, 0.717) is 13.1 Å². The van der Waals surface area contributed by atoms with Crippen LogP contribution >= 0.6 is 0 Å². The Bertz CT molecular complexity index is 781. The lowest BCUT2D eigenvalue weighted by atomic mass is 9.78. The minimum Gasteiger partial charge on any atom is -0.345 e. The Hall–Kier alpha value is -2.62. The van der Waals surface area contributed by atoms with Gasteiger partial charge in [-0.25, -0.2) is 0 Å². The van der Waals surface area contributed by atoms with Crippen LogP contribution in [0.3, 0.4) is 0 Å². The van der Waals surface area contributed by atoms with Gasteiger partial charge in [0.2, 0.25) is 11.8 Å². The van der Waals surface area contributed by atoms with Crippen LogP contribution in [0.4, 0.5) is 0 Å². The standard InChI is InChI=1S/C23H26N2O2/c1-24-15-8-13-23(22(24)27)14-16-25(17-23)21(26)20(18-9-4-2-5-10-18)19-11-6-3-7-12-19/h2-7,9-12,20H,8,13-17H2,1H3/t23-/m1/s1. The van der Waals surface area contributed by atoms with Crippen LogP contribution in [0.25, 0.3) is 0 Å². The summed E-state index contributed by atoms with van der Waals surface area (Å²) in [6.07, 6.45) is 2.69. The topological polar surface area (TPSA) is 40.6 Å². The molecule has 4 nitrogen and oxygen atoms in total. The van der Waals surface area contributed by atoms with Crippen molar-refractivity contribution in [3.8, 4) is 0 Å². The van der Waals surface area contributed by atoms with Gasteiger partial charge in [0.25, 0.3) is 0 Å². The molecule has 2 aliphatic rings. The number of carbonyl (C=O) groups excluding carboxylic acids is 2. The van der Waals surface area contributed by atoms with Crippen LogP contribution in [0.2, 0.25) is 0 Å². The molecule has 2 amide bonds. The maximum atomic E-state index is 13.6. The Labute approximate surface area is 160 Å². The van der Waals surface area contributed by atoms with Crippen molar-refractivity contribution in [2.24, 2.45) is 5.41 Å². The van der Waals surface area contributed by atoms with Crippen LogP contribution < -0.4 is 0 Å². The van der Waals surface area contributed by atoms with E-state index in [1.807, 2.05) is 77.5 Å². The van der Waals surface area contributed by atoms with Crippen LogP contribution in [0, 0.1) is 5.41 Å². The van der Waals surface area contributed by atoms with Crippen LogP contribution in [0.5, 0.6) is 0 Å². The maximum Gasteiger partial charge on any atom is 0.234 e. The number of hydrogen-bond acceptors (Lipinski definition) is 2. The third kappa shape index (κ3) is 3.25. The molecule has 1 atom stereocenters. The van der Waals surface area contributed by atoms with E-state index in [-0.39, 0.29) is 23.1 Å². The second-order valence-electron chi connectivity index (χ2n) is 7.87. The molecule has 2 aliphatic heterocycles. The minimum atomic E-state index is -0.374. The van der Waals surface area contributed by atoms with Gasteiger partial charge in [-0.15, -0.1) is 0 Å². The van der Waals surface area contributed by atoms with E-state index >= 15 is 0 Å². The van der Waals surface area contributed by atoms with Crippen molar-refractivity contribution in [1.82, 2.24) is 9.80 Å². The summed E-state index contributed by atoms with van der Waals surface area (Å²) >= 11 is 0. The number of piperidine rings is 1. The number of rotatable bonds is 3. The molecular formula is C23H26N2O2. The van der Waals surface area contributed by atoms with Crippen molar-refractivity contribution in [3.63, 3.8) is 0 Å². The number of amides is 2. The molecule has 0 aromatic heterocycles. The zero-order valence-corrected chi connectivity index (χ0v) is 15.8. The van der Waals surface area contributed by atoms with Gasteiger partial charge in [0, 0.05) is 26.7 Å². The Morgan fingerprint density at radius 3 is 2.11 bits per heavy atom. The molecule has 0 bridgehead atoms. The lowest BCUT2D eigenvalue weighted by Gasteiger charge is -2.37. The summed E-state index contributed by atoms with van der Waals surface area (Å²) in [5, 5.41) is 0. The predicted octanol–water partition coefficient (Wildman–Crippen LogP) is 3.29. The highest BCUT2D eigenvalue weighted by molar-refractivity contribution is 5.90. The number of hydrogen-bond donors (Lipinski definition) is 0. The normalized spacial score (nSPS) is 22.7. The summed E-state index contributed by atoms with van der Waals surface area (Å²) in [5.41, 5.74) is 1.63. The van der Waals surface area contributed by atoms with E-state index in [1.165, 1.54) is 0 Å². The zero-order valence-electron chi connectivity index (χ0n) is 15.8. The molecule has 2 fully saturated rings. The summed E-state index contributed by atoms with van der Waals surface area (Å²) in [6.45, 7) is 2.03. The van der Waals surface area contributed by atoms with E-state index in [9.17, 15) is 9.59 Å². The zero-order chi connectivity index (χ0) is 18.9. The smallest absolute Gasteiger partial charge is 0.234 e. The van der Waals surface area contributed by atoms with Crippen molar-refractivity contribution in [1.29, 1.82) is 0 Å². The van der Waals surface area contributed by atoms with E-state index in [1.54, 1.807) is 0 Å². The Kier molecular flexibility index (Phi) is 4.73. The van der Waals surface area contributed by atoms with Gasteiger partial charge in [0.1, 0.15) is 0 Å². The number of carbonyl (C=O) groups is 2. The molecule has 1 spiro atoms. The third-order valence-electron chi connectivity index (χ3n) is 6.13. The first-order valence-electron chi connectivity index (χ1n) is 9.75. The molecule has 0 unspecified atom stereocenters. The highest BCUT2D eigenvalue weighted by Crippen LogP contribution is 2.41. The fourth-order valence-corrected chi connectivity index (χ4v) is 4.66. The molecule has 0 aliphatic carbocycles. The van der Waals surface area contributed by atoms with Crippen molar-refractivity contribution in [3.05, 3.63) is 71.8 Å². The van der Waals surface area contributed by atoms with Gasteiger partial charge < -0.3 is 9.80 Å². The lowest BCUT2D eigenvalue weighted by molar-refractivity contribution is -0.144. The van der Waals surface area contributed by atoms with Gasteiger partial charge in [0.15, 0.2) is 0 Å². The Morgan fingerprint density at radius 1 is 0.926 bits per heavy atom. The minimum absolute atomic E-state index is 0.102. The molecule has 2 heterocycles. The summed E-state index contributed by atoms with van der Waals surface area (Å²) in [7, 11) is 1.88. The van der Waals surface area contributed by atoms with Crippen molar-refractivity contribution in [2.45, 2.75) is 25.2 Å². The Balaban J connectivity index is 1.62. The van der Waals surface area contributed by atoms with Crippen LogP contribution in [-0.2, 0) is 9.59 Å². The van der Waals surface area contributed by atoms with Crippen molar-refractivity contribution in [2.75, 3.05) is 26.7 Å². The average Bonchev–Trinajstić information content (AvgIpc) is 3.13. The van der Waals surface area contributed by atoms with Gasteiger partial charge in [0.05, 0.1) is 11.3 Å². The average molecular weight is 362 g/mol. The highest BCUT2D eigenvalue weighted by Gasteiger charge is 2.49. The lowest BCUT2D eigenvalue weighted by Crippen LogP contribution is -2.49. The summed E-state index contributed by atoms with van der Waals surface area (Å²) < 4.78 is 0. The number of likely N-dealkylation sites (tertiary alicyclic amines) is 2. The highest BCUT2D eigenvalue weighted by atomic mass is 16.2. The molecule has 0 saturated carbocycles. The van der Waals surface area contributed by atoms with Gasteiger partial charge >= 0.3 is 0 Å². The van der Waals surface area contributed by atoms with Crippen LogP contribution in [0.15, 0.2) is 60.7 Å². The molecule has 2 aromatic rings. The largest absolute Gasteiger partial charge is 0.345 e. The van der Waals surface area contributed by atoms with Crippen LogP contribution in [0.1, 0.15) is 36.3 Å². The molecule has 0 N–H and O–H groups in total. The molecule has 27 heavy (non-hydrogen) atoms. The number of benzene rings is 2. The van der Waals surface area contributed by atoms with E-state index in [0.717, 1.165) is 36.9 Å². The Morgan fingerprint density at radius 2 is 1.52 bits per heavy atom. The fourth-order valence-electron chi connectivity index (χ4n) is 4.66. The maximum absolute atomic E-state index is 13.6. The summed E-state index contributed by atoms with van der Waals surface area (Å²) in [6, 6.07) is 19.9. The van der Waals surface area contributed by atoms with Gasteiger partial charge in [-0.1, -0.05) is 60.7 Å². The molecule has 2 saturated heterocycles.